The first-order chi connectivity index (χ1) is 13.0. The Balaban J connectivity index is 1.85. The minimum Gasteiger partial charge on any atom is -0.504 e. The van der Waals surface area contributed by atoms with Crippen molar-refractivity contribution in [2.75, 3.05) is 6.61 Å². The maximum Gasteiger partial charge on any atom is 0.293 e. The zero-order valence-corrected chi connectivity index (χ0v) is 15.3. The Morgan fingerprint density at radius 1 is 1.26 bits per heavy atom. The number of phenols is 1. The molecular weight excluding hydrogens is 364 g/mol. The number of ether oxygens (including phenoxy) is 1. The first-order valence-corrected chi connectivity index (χ1v) is 9.04. The van der Waals surface area contributed by atoms with Crippen LogP contribution < -0.4 is 4.74 Å². The van der Waals surface area contributed by atoms with Gasteiger partial charge in [-0.3, -0.25) is 14.5 Å². The van der Waals surface area contributed by atoms with Crippen LogP contribution in [0.15, 0.2) is 47.4 Å². The summed E-state index contributed by atoms with van der Waals surface area (Å²) in [5.74, 6) is -0.0904. The second kappa shape index (κ2) is 7.98. The average molecular weight is 380 g/mol. The number of amides is 2. The lowest BCUT2D eigenvalue weighted by atomic mass is 10.1. The fourth-order valence-corrected chi connectivity index (χ4v) is 3.46. The van der Waals surface area contributed by atoms with Crippen LogP contribution in [-0.4, -0.2) is 27.8 Å². The number of carbonyl (C=O) groups excluding carboxylic acids is 2. The molecule has 1 heterocycles. The van der Waals surface area contributed by atoms with E-state index in [4.69, 9.17) is 4.74 Å². The highest BCUT2D eigenvalue weighted by molar-refractivity contribution is 8.18. The number of phenolic OH excluding ortho intramolecular Hbond substituents is 1. The number of benzene rings is 2. The third kappa shape index (κ3) is 3.96. The number of thioether (sulfide) groups is 1. The summed E-state index contributed by atoms with van der Waals surface area (Å²) in [6.45, 7) is 2.24. The standard InChI is InChI=1S/C20H16N2O4S/c1-2-26-17-9-13(7-8-16(17)23)10-18-19(24)22(20(25)27-18)12-15-6-4-3-5-14(15)11-21/h3-10,23H,2,12H2,1H3. The van der Waals surface area contributed by atoms with Crippen LogP contribution in [0.25, 0.3) is 6.08 Å². The number of hydrogen-bond donors (Lipinski definition) is 1. The summed E-state index contributed by atoms with van der Waals surface area (Å²) in [4.78, 5) is 26.3. The Bertz CT molecular complexity index is 978. The van der Waals surface area contributed by atoms with Crippen LogP contribution in [0.1, 0.15) is 23.6 Å². The monoisotopic (exact) mass is 380 g/mol. The van der Waals surface area contributed by atoms with Crippen LogP contribution >= 0.6 is 11.8 Å². The molecule has 0 unspecified atom stereocenters. The molecule has 1 N–H and O–H groups in total. The molecule has 0 spiro atoms. The predicted molar refractivity (Wildman–Crippen MR) is 102 cm³/mol. The van der Waals surface area contributed by atoms with Crippen LogP contribution in [0.3, 0.4) is 0 Å². The van der Waals surface area contributed by atoms with E-state index in [0.717, 1.165) is 16.7 Å². The van der Waals surface area contributed by atoms with Gasteiger partial charge < -0.3 is 9.84 Å². The van der Waals surface area contributed by atoms with Crippen molar-refractivity contribution >= 4 is 29.0 Å². The minimum absolute atomic E-state index is 0.00946. The van der Waals surface area contributed by atoms with Crippen LogP contribution in [0.4, 0.5) is 4.79 Å². The van der Waals surface area contributed by atoms with Crippen LogP contribution in [0, 0.1) is 11.3 Å². The highest BCUT2D eigenvalue weighted by atomic mass is 32.2. The SMILES string of the molecule is CCOc1cc(C=C2SC(=O)N(Cc3ccccc3C#N)C2=O)ccc1O. The summed E-state index contributed by atoms with van der Waals surface area (Å²) in [6.07, 6.45) is 1.59. The van der Waals surface area contributed by atoms with E-state index < -0.39 is 5.91 Å². The molecular formula is C20H16N2O4S. The van der Waals surface area contributed by atoms with Gasteiger partial charge in [0.2, 0.25) is 0 Å². The molecule has 1 aliphatic heterocycles. The lowest BCUT2D eigenvalue weighted by Gasteiger charge is -2.13. The molecule has 6 nitrogen and oxygen atoms in total. The van der Waals surface area contributed by atoms with Crippen molar-refractivity contribution in [3.8, 4) is 17.6 Å². The number of nitriles is 1. The molecule has 0 bridgehead atoms. The van der Waals surface area contributed by atoms with Crippen LogP contribution in [0.5, 0.6) is 11.5 Å². The Hall–Kier alpha value is -3.24. The van der Waals surface area contributed by atoms with Crippen molar-refractivity contribution in [3.63, 3.8) is 0 Å². The Morgan fingerprint density at radius 2 is 2.04 bits per heavy atom. The van der Waals surface area contributed by atoms with Crippen LogP contribution in [0.2, 0.25) is 0 Å². The summed E-state index contributed by atoms with van der Waals surface area (Å²) < 4.78 is 5.34. The van der Waals surface area contributed by atoms with Crippen molar-refractivity contribution in [1.82, 2.24) is 4.90 Å². The highest BCUT2D eigenvalue weighted by Crippen LogP contribution is 2.35. The minimum atomic E-state index is -0.413. The van der Waals surface area contributed by atoms with Crippen molar-refractivity contribution in [2.24, 2.45) is 0 Å². The van der Waals surface area contributed by atoms with E-state index in [1.165, 1.54) is 6.07 Å². The number of aromatic hydroxyl groups is 1. The van der Waals surface area contributed by atoms with E-state index >= 15 is 0 Å². The zero-order valence-electron chi connectivity index (χ0n) is 14.5. The smallest absolute Gasteiger partial charge is 0.293 e. The van der Waals surface area contributed by atoms with Gasteiger partial charge in [-0.1, -0.05) is 24.3 Å². The molecule has 7 heteroatoms. The van der Waals surface area contributed by atoms with E-state index in [-0.39, 0.29) is 22.4 Å². The first-order valence-electron chi connectivity index (χ1n) is 8.22. The molecule has 3 rings (SSSR count). The van der Waals surface area contributed by atoms with Gasteiger partial charge in [0.1, 0.15) is 0 Å². The van der Waals surface area contributed by atoms with E-state index in [2.05, 4.69) is 6.07 Å². The number of nitrogens with zero attached hydrogens (tertiary/aromatic N) is 2. The van der Waals surface area contributed by atoms with Gasteiger partial charge in [0.15, 0.2) is 11.5 Å². The Labute approximate surface area is 160 Å². The summed E-state index contributed by atoms with van der Waals surface area (Å²) in [5.41, 5.74) is 1.69. The maximum atomic E-state index is 12.7. The largest absolute Gasteiger partial charge is 0.504 e. The fourth-order valence-electron chi connectivity index (χ4n) is 2.62. The third-order valence-corrected chi connectivity index (χ3v) is 4.83. The zero-order chi connectivity index (χ0) is 19.4. The number of hydrogen-bond acceptors (Lipinski definition) is 6. The number of carbonyl (C=O) groups is 2. The van der Waals surface area contributed by atoms with Crippen molar-refractivity contribution in [3.05, 3.63) is 64.1 Å². The van der Waals surface area contributed by atoms with Gasteiger partial charge in [-0.15, -0.1) is 0 Å². The van der Waals surface area contributed by atoms with Crippen molar-refractivity contribution in [2.45, 2.75) is 13.5 Å². The molecule has 2 amide bonds. The molecule has 27 heavy (non-hydrogen) atoms. The van der Waals surface area contributed by atoms with Crippen molar-refractivity contribution < 1.29 is 19.4 Å². The normalized spacial score (nSPS) is 15.3. The topological polar surface area (TPSA) is 90.6 Å². The molecule has 0 aliphatic carbocycles. The summed E-state index contributed by atoms with van der Waals surface area (Å²) in [7, 11) is 0. The summed E-state index contributed by atoms with van der Waals surface area (Å²) in [6, 6.07) is 13.7. The molecule has 2 aromatic rings. The molecule has 0 atom stereocenters. The van der Waals surface area contributed by atoms with Gasteiger partial charge in [0.05, 0.1) is 29.7 Å². The van der Waals surface area contributed by atoms with Gasteiger partial charge >= 0.3 is 0 Å². The lowest BCUT2D eigenvalue weighted by molar-refractivity contribution is -0.123. The summed E-state index contributed by atoms with van der Waals surface area (Å²) >= 11 is 0.845. The van der Waals surface area contributed by atoms with E-state index in [1.807, 2.05) is 0 Å². The quantitative estimate of drug-likeness (QED) is 0.791. The van der Waals surface area contributed by atoms with E-state index in [0.29, 0.717) is 29.0 Å². The van der Waals surface area contributed by atoms with Gasteiger partial charge in [-0.2, -0.15) is 5.26 Å². The number of rotatable bonds is 5. The Morgan fingerprint density at radius 3 is 2.78 bits per heavy atom. The van der Waals surface area contributed by atoms with Crippen molar-refractivity contribution in [1.29, 1.82) is 5.26 Å². The second-order valence-electron chi connectivity index (χ2n) is 5.70. The predicted octanol–water partition coefficient (Wildman–Crippen LogP) is 3.90. The van der Waals surface area contributed by atoms with Crippen LogP contribution in [-0.2, 0) is 11.3 Å². The third-order valence-electron chi connectivity index (χ3n) is 3.92. The molecule has 0 aromatic heterocycles. The molecule has 1 fully saturated rings. The molecule has 1 saturated heterocycles. The number of imide groups is 1. The van der Waals surface area contributed by atoms with E-state index in [1.54, 1.807) is 49.4 Å². The van der Waals surface area contributed by atoms with Gasteiger partial charge in [0, 0.05) is 0 Å². The molecule has 0 saturated carbocycles. The highest BCUT2D eigenvalue weighted by Gasteiger charge is 2.35. The maximum absolute atomic E-state index is 12.7. The van der Waals surface area contributed by atoms with E-state index in [9.17, 15) is 20.0 Å². The molecule has 2 aromatic carbocycles. The lowest BCUT2D eigenvalue weighted by Crippen LogP contribution is -2.27. The Kier molecular flexibility index (Phi) is 5.48. The summed E-state index contributed by atoms with van der Waals surface area (Å²) in [5, 5.41) is 18.6. The van der Waals surface area contributed by atoms with Gasteiger partial charge in [-0.25, -0.2) is 0 Å². The molecule has 1 aliphatic rings. The van der Waals surface area contributed by atoms with Gasteiger partial charge in [0.25, 0.3) is 11.1 Å². The first kappa shape index (κ1) is 18.5. The average Bonchev–Trinajstić information content (AvgIpc) is 2.92. The molecule has 0 radical (unpaired) electrons. The second-order valence-corrected chi connectivity index (χ2v) is 6.69. The molecule has 136 valence electrons. The fraction of sp³-hybridized carbons (Fsp3) is 0.150. The van der Waals surface area contributed by atoms with Gasteiger partial charge in [-0.05, 0) is 54.1 Å².